The second-order valence-corrected chi connectivity index (χ2v) is 8.39. The van der Waals surface area contributed by atoms with Crippen molar-refractivity contribution in [1.29, 1.82) is 0 Å². The van der Waals surface area contributed by atoms with Crippen molar-refractivity contribution in [2.75, 3.05) is 13.7 Å². The van der Waals surface area contributed by atoms with Gasteiger partial charge < -0.3 is 14.7 Å². The molecule has 6 nitrogen and oxygen atoms in total. The largest absolute Gasteiger partial charge is 0.507 e. The average Bonchev–Trinajstić information content (AvgIpc) is 3.08. The molecule has 1 unspecified atom stereocenters. The number of halogens is 2. The van der Waals surface area contributed by atoms with Crippen LogP contribution in [0.5, 0.6) is 5.75 Å². The summed E-state index contributed by atoms with van der Waals surface area (Å²) in [6, 6.07) is 11.8. The topological polar surface area (TPSA) is 79.7 Å². The lowest BCUT2D eigenvalue weighted by molar-refractivity contribution is -0.139. The second kappa shape index (κ2) is 9.65. The van der Waals surface area contributed by atoms with Crippen LogP contribution in [0.25, 0.3) is 5.76 Å². The number of methoxy groups -OCH3 is 1. The Kier molecular flexibility index (Phi) is 6.65. The zero-order valence-electron chi connectivity index (χ0n) is 18.6. The maximum absolute atomic E-state index is 13.3. The van der Waals surface area contributed by atoms with Gasteiger partial charge in [-0.3, -0.25) is 14.6 Å². The quantitative estimate of drug-likeness (QED) is 0.310. The minimum atomic E-state index is -0.863. The maximum atomic E-state index is 13.3. The summed E-state index contributed by atoms with van der Waals surface area (Å²) in [4.78, 5) is 31.8. The summed E-state index contributed by atoms with van der Waals surface area (Å²) in [5, 5.41) is 11.6. The van der Waals surface area contributed by atoms with Gasteiger partial charge in [0, 0.05) is 18.9 Å². The zero-order valence-corrected chi connectivity index (χ0v) is 19.3. The van der Waals surface area contributed by atoms with Gasteiger partial charge in [-0.15, -0.1) is 0 Å². The Labute approximate surface area is 201 Å². The van der Waals surface area contributed by atoms with Crippen LogP contribution in [0.15, 0.2) is 66.5 Å². The van der Waals surface area contributed by atoms with Crippen molar-refractivity contribution in [3.8, 4) is 5.75 Å². The van der Waals surface area contributed by atoms with Gasteiger partial charge in [0.1, 0.15) is 17.3 Å². The number of amides is 1. The monoisotopic (exact) mass is 480 g/mol. The first kappa shape index (κ1) is 23.4. The molecule has 2 heterocycles. The van der Waals surface area contributed by atoms with Crippen LogP contribution >= 0.6 is 11.6 Å². The molecule has 4 rings (SSSR count). The number of ether oxygens (including phenoxy) is 1. The van der Waals surface area contributed by atoms with Crippen molar-refractivity contribution in [2.45, 2.75) is 19.4 Å². The number of nitrogens with zero attached hydrogens (tertiary/aromatic N) is 2. The third-order valence-corrected chi connectivity index (χ3v) is 6.02. The number of aromatic nitrogens is 1. The lowest BCUT2D eigenvalue weighted by Gasteiger charge is -2.25. The van der Waals surface area contributed by atoms with Gasteiger partial charge in [0.2, 0.25) is 0 Å². The van der Waals surface area contributed by atoms with E-state index in [9.17, 15) is 19.1 Å². The van der Waals surface area contributed by atoms with E-state index in [1.54, 1.807) is 55.7 Å². The van der Waals surface area contributed by atoms with Gasteiger partial charge in [0.15, 0.2) is 0 Å². The Hall–Kier alpha value is -3.71. The summed E-state index contributed by atoms with van der Waals surface area (Å²) in [5.74, 6) is -2.09. The van der Waals surface area contributed by atoms with Gasteiger partial charge in [-0.05, 0) is 60.4 Å². The number of aryl methyl sites for hydroxylation is 1. The van der Waals surface area contributed by atoms with Crippen molar-refractivity contribution in [3.05, 3.63) is 99.6 Å². The van der Waals surface area contributed by atoms with Crippen molar-refractivity contribution >= 4 is 29.1 Å². The summed E-state index contributed by atoms with van der Waals surface area (Å²) in [5.41, 5.74) is 2.27. The van der Waals surface area contributed by atoms with Crippen molar-refractivity contribution in [1.82, 2.24) is 9.88 Å². The van der Waals surface area contributed by atoms with Crippen LogP contribution in [0, 0.1) is 12.7 Å². The van der Waals surface area contributed by atoms with Crippen LogP contribution < -0.4 is 4.74 Å². The molecule has 1 aromatic heterocycles. The lowest BCUT2D eigenvalue weighted by atomic mass is 9.95. The van der Waals surface area contributed by atoms with Crippen molar-refractivity contribution < 1.29 is 23.8 Å². The molecule has 34 heavy (non-hydrogen) atoms. The molecule has 0 saturated carbocycles. The van der Waals surface area contributed by atoms with E-state index in [-0.39, 0.29) is 40.0 Å². The number of pyridine rings is 1. The average molecular weight is 481 g/mol. The first-order valence-electron chi connectivity index (χ1n) is 10.6. The number of hydrogen-bond donors (Lipinski definition) is 1. The molecule has 0 aliphatic carbocycles. The van der Waals surface area contributed by atoms with Crippen LogP contribution in [-0.4, -0.2) is 40.3 Å². The first-order chi connectivity index (χ1) is 16.3. The fourth-order valence-corrected chi connectivity index (χ4v) is 4.50. The molecule has 0 bridgehead atoms. The Bertz CT molecular complexity index is 1280. The minimum Gasteiger partial charge on any atom is -0.507 e. The van der Waals surface area contributed by atoms with Crippen LogP contribution in [-0.2, 0) is 16.0 Å². The molecule has 1 aliphatic heterocycles. The van der Waals surface area contributed by atoms with E-state index in [1.165, 1.54) is 24.1 Å². The summed E-state index contributed by atoms with van der Waals surface area (Å²) < 4.78 is 18.7. The zero-order chi connectivity index (χ0) is 24.4. The highest BCUT2D eigenvalue weighted by Gasteiger charge is 2.46. The molecule has 0 radical (unpaired) electrons. The highest BCUT2D eigenvalue weighted by molar-refractivity contribution is 6.46. The predicted molar refractivity (Wildman–Crippen MR) is 126 cm³/mol. The van der Waals surface area contributed by atoms with Crippen LogP contribution in [0.2, 0.25) is 5.02 Å². The number of aliphatic hydroxyl groups excluding tert-OH is 1. The number of benzene rings is 2. The molecule has 1 aliphatic rings. The molecule has 1 N–H and O–H groups in total. The fraction of sp³-hybridized carbons (Fsp3) is 0.192. The van der Waals surface area contributed by atoms with E-state index >= 15 is 0 Å². The number of rotatable bonds is 6. The summed E-state index contributed by atoms with van der Waals surface area (Å²) in [6.07, 6.45) is 3.52. The molecule has 174 valence electrons. The van der Waals surface area contributed by atoms with E-state index in [0.29, 0.717) is 12.0 Å². The smallest absolute Gasteiger partial charge is 0.295 e. The molecular weight excluding hydrogens is 459 g/mol. The normalized spacial score (nSPS) is 17.3. The fourth-order valence-electron chi connectivity index (χ4n) is 4.15. The number of carbonyl (C=O) groups excluding carboxylic acids is 2. The minimum absolute atomic E-state index is 0.0722. The summed E-state index contributed by atoms with van der Waals surface area (Å²) >= 11 is 6.30. The highest BCUT2D eigenvalue weighted by atomic mass is 35.5. The Morgan fingerprint density at radius 1 is 1.21 bits per heavy atom. The van der Waals surface area contributed by atoms with E-state index in [2.05, 4.69) is 4.98 Å². The number of ketones is 1. The number of aliphatic hydroxyl groups is 1. The SMILES string of the molecule is COc1c(Cl)cc(C)cc1/C(O)=C1\C(=O)C(=O)N(CCc2ccc(F)cc2)C1c1cccnc1. The first-order valence-corrected chi connectivity index (χ1v) is 11.0. The van der Waals surface area contributed by atoms with Crippen LogP contribution in [0.4, 0.5) is 4.39 Å². The van der Waals surface area contributed by atoms with Crippen LogP contribution in [0.1, 0.15) is 28.3 Å². The van der Waals surface area contributed by atoms with Gasteiger partial charge in [-0.25, -0.2) is 4.39 Å². The number of hydrogen-bond acceptors (Lipinski definition) is 5. The van der Waals surface area contributed by atoms with Gasteiger partial charge in [0.25, 0.3) is 11.7 Å². The third-order valence-electron chi connectivity index (χ3n) is 5.74. The number of carbonyl (C=O) groups is 2. The van der Waals surface area contributed by atoms with Gasteiger partial charge in [-0.1, -0.05) is 29.8 Å². The molecule has 1 atom stereocenters. The van der Waals surface area contributed by atoms with E-state index in [0.717, 1.165) is 11.1 Å². The van der Waals surface area contributed by atoms with E-state index in [4.69, 9.17) is 16.3 Å². The molecule has 3 aromatic rings. The Morgan fingerprint density at radius 2 is 1.94 bits per heavy atom. The van der Waals surface area contributed by atoms with Crippen LogP contribution in [0.3, 0.4) is 0 Å². The maximum Gasteiger partial charge on any atom is 0.295 e. The lowest BCUT2D eigenvalue weighted by Crippen LogP contribution is -2.31. The Balaban J connectivity index is 1.82. The summed E-state index contributed by atoms with van der Waals surface area (Å²) in [7, 11) is 1.41. The summed E-state index contributed by atoms with van der Waals surface area (Å²) in [6.45, 7) is 1.97. The molecule has 1 amide bonds. The second-order valence-electron chi connectivity index (χ2n) is 7.98. The van der Waals surface area contributed by atoms with Crippen molar-refractivity contribution in [2.24, 2.45) is 0 Å². The van der Waals surface area contributed by atoms with Gasteiger partial charge in [-0.2, -0.15) is 0 Å². The van der Waals surface area contributed by atoms with E-state index in [1.807, 2.05) is 0 Å². The molecule has 8 heteroatoms. The molecule has 0 spiro atoms. The third kappa shape index (κ3) is 4.39. The predicted octanol–water partition coefficient (Wildman–Crippen LogP) is 4.86. The number of likely N-dealkylation sites (tertiary alicyclic amines) is 1. The highest BCUT2D eigenvalue weighted by Crippen LogP contribution is 2.42. The number of Topliss-reactive ketones (excluding diaryl/α,β-unsaturated/α-hetero) is 1. The van der Waals surface area contributed by atoms with Gasteiger partial charge >= 0.3 is 0 Å². The van der Waals surface area contributed by atoms with Crippen molar-refractivity contribution in [3.63, 3.8) is 0 Å². The standard InChI is InChI=1S/C26H22ClFN2O4/c1-15-12-19(25(34-2)20(27)13-15)23(31)21-22(17-4-3-10-29-14-17)30(26(33)24(21)32)11-9-16-5-7-18(28)8-6-16/h3-8,10,12-14,22,31H,9,11H2,1-2H3/b23-21+. The molecule has 1 fully saturated rings. The Morgan fingerprint density at radius 3 is 2.59 bits per heavy atom. The molecular formula is C26H22ClFN2O4. The van der Waals surface area contributed by atoms with E-state index < -0.39 is 17.7 Å². The molecule has 2 aromatic carbocycles. The van der Waals surface area contributed by atoms with Gasteiger partial charge in [0.05, 0.1) is 29.3 Å². The molecule has 1 saturated heterocycles.